The first kappa shape index (κ1) is 8.29. The molecule has 0 saturated heterocycles. The van der Waals surface area contributed by atoms with E-state index in [0.29, 0.717) is 6.54 Å². The van der Waals surface area contributed by atoms with E-state index in [1.165, 1.54) is 0 Å². The lowest BCUT2D eigenvalue weighted by atomic mass is 10.1. The average Bonchev–Trinajstić information content (AvgIpc) is 2.83. The second-order valence-corrected chi connectivity index (χ2v) is 3.58. The highest BCUT2D eigenvalue weighted by atomic mass is 16.1. The highest BCUT2D eigenvalue weighted by molar-refractivity contribution is 6.24. The van der Waals surface area contributed by atoms with Crippen LogP contribution in [0.4, 0.5) is 0 Å². The zero-order valence-electron chi connectivity index (χ0n) is 8.08. The topological polar surface area (TPSA) is 44.9 Å². The van der Waals surface area contributed by atoms with E-state index in [0.717, 1.165) is 22.0 Å². The predicted octanol–water partition coefficient (Wildman–Crippen LogP) is 1.68. The molecule has 3 nitrogen and oxygen atoms in total. The van der Waals surface area contributed by atoms with Crippen molar-refractivity contribution >= 4 is 22.4 Å². The first-order chi connectivity index (χ1) is 7.36. The average molecular weight is 198 g/mol. The van der Waals surface area contributed by atoms with E-state index in [1.54, 1.807) is 0 Å². The van der Waals surface area contributed by atoms with Crippen molar-refractivity contribution in [2.24, 2.45) is 0 Å². The Morgan fingerprint density at radius 3 is 2.87 bits per heavy atom. The predicted molar refractivity (Wildman–Crippen MR) is 59.3 cm³/mol. The van der Waals surface area contributed by atoms with Crippen molar-refractivity contribution < 1.29 is 4.79 Å². The van der Waals surface area contributed by atoms with E-state index < -0.39 is 0 Å². The Labute approximate surface area is 86.8 Å². The summed E-state index contributed by atoms with van der Waals surface area (Å²) < 4.78 is 0. The molecular weight excluding hydrogens is 188 g/mol. The minimum absolute atomic E-state index is 0.0137. The first-order valence-corrected chi connectivity index (χ1v) is 4.91. The molecule has 1 aliphatic rings. The molecule has 1 aromatic carbocycles. The van der Waals surface area contributed by atoms with Crippen LogP contribution >= 0.6 is 0 Å². The summed E-state index contributed by atoms with van der Waals surface area (Å²) in [5, 5.41) is 3.88. The fourth-order valence-electron chi connectivity index (χ4n) is 1.96. The zero-order valence-corrected chi connectivity index (χ0v) is 8.08. The van der Waals surface area contributed by atoms with Gasteiger partial charge in [0.15, 0.2) is 0 Å². The summed E-state index contributed by atoms with van der Waals surface area (Å²) >= 11 is 0. The molecule has 2 heterocycles. The van der Waals surface area contributed by atoms with Crippen LogP contribution in [0, 0.1) is 0 Å². The molecular formula is C12H10N2O. The molecule has 1 aromatic heterocycles. The molecule has 0 saturated carbocycles. The van der Waals surface area contributed by atoms with E-state index in [-0.39, 0.29) is 5.91 Å². The number of fused-ring (bicyclic) bond motifs is 1. The Morgan fingerprint density at radius 1 is 1.20 bits per heavy atom. The number of hydrogen-bond donors (Lipinski definition) is 2. The smallest absolute Gasteiger partial charge is 0.251 e. The molecule has 1 aliphatic heterocycles. The van der Waals surface area contributed by atoms with Gasteiger partial charge in [0.25, 0.3) is 5.91 Å². The number of benzene rings is 1. The van der Waals surface area contributed by atoms with Crippen LogP contribution in [0.25, 0.3) is 16.5 Å². The molecule has 0 aliphatic carbocycles. The van der Waals surface area contributed by atoms with Gasteiger partial charge in [-0.3, -0.25) is 4.79 Å². The first-order valence-electron chi connectivity index (χ1n) is 4.91. The van der Waals surface area contributed by atoms with Gasteiger partial charge in [0.05, 0.1) is 0 Å². The third-order valence-corrected chi connectivity index (χ3v) is 2.69. The monoisotopic (exact) mass is 198 g/mol. The molecule has 74 valence electrons. The van der Waals surface area contributed by atoms with E-state index in [4.69, 9.17) is 0 Å². The maximum atomic E-state index is 11.5. The normalized spacial score (nSPS) is 15.5. The fraction of sp³-hybridized carbons (Fsp3) is 0.0833. The molecule has 0 spiro atoms. The largest absolute Gasteiger partial charge is 0.361 e. The van der Waals surface area contributed by atoms with Crippen molar-refractivity contribution in [1.82, 2.24) is 10.3 Å². The van der Waals surface area contributed by atoms with Gasteiger partial charge in [-0.05, 0) is 6.07 Å². The summed E-state index contributed by atoms with van der Waals surface area (Å²) in [6.07, 6.45) is 3.82. The Balaban J connectivity index is 2.23. The Morgan fingerprint density at radius 2 is 2.07 bits per heavy atom. The molecule has 2 N–H and O–H groups in total. The van der Waals surface area contributed by atoms with Gasteiger partial charge in [0.2, 0.25) is 0 Å². The molecule has 0 fully saturated rings. The Kier molecular flexibility index (Phi) is 1.65. The lowest BCUT2D eigenvalue weighted by Crippen LogP contribution is -2.16. The number of H-pyrrole nitrogens is 1. The molecule has 1 amide bonds. The van der Waals surface area contributed by atoms with E-state index >= 15 is 0 Å². The number of carbonyl (C=O) groups excluding carboxylic acids is 1. The highest BCUT2D eigenvalue weighted by Gasteiger charge is 2.18. The summed E-state index contributed by atoms with van der Waals surface area (Å²) in [5.74, 6) is 0.0137. The van der Waals surface area contributed by atoms with E-state index in [2.05, 4.69) is 10.3 Å². The Hall–Kier alpha value is -2.03. The van der Waals surface area contributed by atoms with E-state index in [9.17, 15) is 4.79 Å². The molecule has 3 heteroatoms. The summed E-state index contributed by atoms with van der Waals surface area (Å²) in [7, 11) is 0. The number of aromatic amines is 1. The van der Waals surface area contributed by atoms with Crippen molar-refractivity contribution in [3.8, 4) is 0 Å². The Bertz CT molecular complexity index is 566. The maximum absolute atomic E-state index is 11.5. The van der Waals surface area contributed by atoms with Crippen molar-refractivity contribution in [3.63, 3.8) is 0 Å². The highest BCUT2D eigenvalue weighted by Crippen LogP contribution is 2.26. The molecule has 0 atom stereocenters. The third-order valence-electron chi connectivity index (χ3n) is 2.69. The third kappa shape index (κ3) is 1.16. The number of amides is 1. The number of rotatable bonds is 1. The molecule has 3 rings (SSSR count). The van der Waals surface area contributed by atoms with Crippen molar-refractivity contribution in [2.45, 2.75) is 0 Å². The summed E-state index contributed by atoms with van der Waals surface area (Å²) in [4.78, 5) is 14.7. The number of aromatic nitrogens is 1. The van der Waals surface area contributed by atoms with Crippen LogP contribution in [0.2, 0.25) is 0 Å². The lowest BCUT2D eigenvalue weighted by Gasteiger charge is -1.97. The minimum Gasteiger partial charge on any atom is -0.361 e. The van der Waals surface area contributed by atoms with Gasteiger partial charge >= 0.3 is 0 Å². The van der Waals surface area contributed by atoms with Crippen molar-refractivity contribution in [1.29, 1.82) is 0 Å². The van der Waals surface area contributed by atoms with Gasteiger partial charge < -0.3 is 10.3 Å². The molecule has 0 unspecified atom stereocenters. The standard InChI is InChI=1S/C12H10N2O/c15-12-9(5-6-13-12)10-7-14-11-4-2-1-3-8(10)11/h1-5,7,14H,6H2,(H,13,15). The minimum atomic E-state index is 0.0137. The summed E-state index contributed by atoms with van der Waals surface area (Å²) in [6, 6.07) is 7.98. The van der Waals surface area contributed by atoms with Gasteiger partial charge in [-0.1, -0.05) is 24.3 Å². The molecule has 0 bridgehead atoms. The maximum Gasteiger partial charge on any atom is 0.251 e. The van der Waals surface area contributed by atoms with Gasteiger partial charge in [0, 0.05) is 34.8 Å². The van der Waals surface area contributed by atoms with Gasteiger partial charge in [-0.25, -0.2) is 0 Å². The van der Waals surface area contributed by atoms with Crippen molar-refractivity contribution in [3.05, 3.63) is 42.1 Å². The van der Waals surface area contributed by atoms with Gasteiger partial charge in [0.1, 0.15) is 0 Å². The molecule has 15 heavy (non-hydrogen) atoms. The van der Waals surface area contributed by atoms with Gasteiger partial charge in [-0.2, -0.15) is 0 Å². The fourth-order valence-corrected chi connectivity index (χ4v) is 1.96. The van der Waals surface area contributed by atoms with Crippen molar-refractivity contribution in [2.75, 3.05) is 6.54 Å². The van der Waals surface area contributed by atoms with Gasteiger partial charge in [-0.15, -0.1) is 0 Å². The SMILES string of the molecule is O=C1NCC=C1c1c[nH]c2ccccc12. The second-order valence-electron chi connectivity index (χ2n) is 3.58. The zero-order chi connectivity index (χ0) is 10.3. The number of para-hydroxylation sites is 1. The quantitative estimate of drug-likeness (QED) is 0.719. The number of carbonyl (C=O) groups is 1. The second kappa shape index (κ2) is 2.98. The van der Waals surface area contributed by atoms with Crippen LogP contribution in [0.5, 0.6) is 0 Å². The number of nitrogens with one attached hydrogen (secondary N) is 2. The van der Waals surface area contributed by atoms with Crippen LogP contribution in [0.1, 0.15) is 5.56 Å². The van der Waals surface area contributed by atoms with Crippen LogP contribution in [0.15, 0.2) is 36.5 Å². The number of hydrogen-bond acceptors (Lipinski definition) is 1. The molecule has 0 radical (unpaired) electrons. The van der Waals surface area contributed by atoms with Crippen LogP contribution in [0.3, 0.4) is 0 Å². The summed E-state index contributed by atoms with van der Waals surface area (Å²) in [5.41, 5.74) is 2.82. The van der Waals surface area contributed by atoms with Crippen LogP contribution < -0.4 is 5.32 Å². The van der Waals surface area contributed by atoms with Crippen LogP contribution in [-0.2, 0) is 4.79 Å². The lowest BCUT2D eigenvalue weighted by molar-refractivity contribution is -0.114. The summed E-state index contributed by atoms with van der Waals surface area (Å²) in [6.45, 7) is 0.633. The molecule has 2 aromatic rings. The van der Waals surface area contributed by atoms with Crippen LogP contribution in [-0.4, -0.2) is 17.4 Å². The van der Waals surface area contributed by atoms with E-state index in [1.807, 2.05) is 36.5 Å².